The molecule has 0 aromatic heterocycles. The van der Waals surface area contributed by atoms with Crippen molar-refractivity contribution in [2.24, 2.45) is 0 Å². The number of amides is 1. The monoisotopic (exact) mass is 292 g/mol. The van der Waals surface area contributed by atoms with Crippen molar-refractivity contribution in [1.29, 1.82) is 5.26 Å². The van der Waals surface area contributed by atoms with Gasteiger partial charge in [0.05, 0.1) is 28.4 Å². The standard InChI is InChI=1S/C15H17ClN2O2/c16-13-9-11(10-17)4-6-14(13)18-15(19)7-5-12-3-1-2-8-20-12/h4,6,9,12H,1-3,5,7-8H2,(H,18,19). The Kier molecular flexibility index (Phi) is 5.40. The third-order valence-corrected chi connectivity index (χ3v) is 3.65. The Morgan fingerprint density at radius 3 is 3.00 bits per heavy atom. The second-order valence-electron chi connectivity index (χ2n) is 4.88. The number of carbonyl (C=O) groups excluding carboxylic acids is 1. The largest absolute Gasteiger partial charge is 0.378 e. The van der Waals surface area contributed by atoms with E-state index in [4.69, 9.17) is 21.6 Å². The van der Waals surface area contributed by atoms with Gasteiger partial charge in [0.2, 0.25) is 5.91 Å². The first kappa shape index (κ1) is 14.8. The van der Waals surface area contributed by atoms with Crippen molar-refractivity contribution in [1.82, 2.24) is 0 Å². The molecular formula is C15H17ClN2O2. The number of anilines is 1. The van der Waals surface area contributed by atoms with E-state index >= 15 is 0 Å². The van der Waals surface area contributed by atoms with Gasteiger partial charge in [-0.05, 0) is 43.9 Å². The summed E-state index contributed by atoms with van der Waals surface area (Å²) < 4.78 is 5.59. The molecule has 1 fully saturated rings. The Morgan fingerprint density at radius 2 is 2.35 bits per heavy atom. The molecule has 1 heterocycles. The zero-order valence-corrected chi connectivity index (χ0v) is 11.9. The third kappa shape index (κ3) is 4.22. The number of ether oxygens (including phenoxy) is 1. The summed E-state index contributed by atoms with van der Waals surface area (Å²) in [6, 6.07) is 6.83. The van der Waals surface area contributed by atoms with E-state index in [2.05, 4.69) is 5.32 Å². The van der Waals surface area contributed by atoms with E-state index in [0.717, 1.165) is 25.9 Å². The highest BCUT2D eigenvalue weighted by Crippen LogP contribution is 2.23. The van der Waals surface area contributed by atoms with Crippen molar-refractivity contribution in [2.75, 3.05) is 11.9 Å². The lowest BCUT2D eigenvalue weighted by atomic mass is 10.0. The molecule has 1 unspecified atom stereocenters. The number of carbonyl (C=O) groups is 1. The minimum atomic E-state index is -0.0780. The van der Waals surface area contributed by atoms with Crippen LogP contribution in [0.2, 0.25) is 5.02 Å². The van der Waals surface area contributed by atoms with Gasteiger partial charge in [-0.25, -0.2) is 0 Å². The van der Waals surface area contributed by atoms with E-state index in [1.807, 2.05) is 6.07 Å². The van der Waals surface area contributed by atoms with Crippen LogP contribution in [0.5, 0.6) is 0 Å². The molecule has 4 nitrogen and oxygen atoms in total. The van der Waals surface area contributed by atoms with Gasteiger partial charge in [-0.3, -0.25) is 4.79 Å². The lowest BCUT2D eigenvalue weighted by Gasteiger charge is -2.22. The van der Waals surface area contributed by atoms with Gasteiger partial charge in [0.25, 0.3) is 0 Å². The highest BCUT2D eigenvalue weighted by Gasteiger charge is 2.15. The summed E-state index contributed by atoms with van der Waals surface area (Å²) in [5, 5.41) is 11.9. The fourth-order valence-corrected chi connectivity index (χ4v) is 2.45. The Morgan fingerprint density at radius 1 is 1.50 bits per heavy atom. The zero-order valence-electron chi connectivity index (χ0n) is 11.2. The molecule has 0 aliphatic carbocycles. The molecule has 0 spiro atoms. The number of nitrogens with one attached hydrogen (secondary N) is 1. The molecule has 20 heavy (non-hydrogen) atoms. The number of nitriles is 1. The molecule has 0 saturated carbocycles. The summed E-state index contributed by atoms with van der Waals surface area (Å²) in [6.07, 6.45) is 4.68. The van der Waals surface area contributed by atoms with Crippen molar-refractivity contribution >= 4 is 23.2 Å². The molecular weight excluding hydrogens is 276 g/mol. The van der Waals surface area contributed by atoms with Gasteiger partial charge in [0.15, 0.2) is 0 Å². The summed E-state index contributed by atoms with van der Waals surface area (Å²) in [6.45, 7) is 0.799. The number of benzene rings is 1. The summed E-state index contributed by atoms with van der Waals surface area (Å²) >= 11 is 6.01. The van der Waals surface area contributed by atoms with Gasteiger partial charge >= 0.3 is 0 Å². The number of halogens is 1. The molecule has 1 atom stereocenters. The number of rotatable bonds is 4. The highest BCUT2D eigenvalue weighted by molar-refractivity contribution is 6.33. The van der Waals surface area contributed by atoms with Gasteiger partial charge in [-0.2, -0.15) is 5.26 Å². The smallest absolute Gasteiger partial charge is 0.224 e. The number of hydrogen-bond donors (Lipinski definition) is 1. The predicted molar refractivity (Wildman–Crippen MR) is 77.6 cm³/mol. The minimum Gasteiger partial charge on any atom is -0.378 e. The number of hydrogen-bond acceptors (Lipinski definition) is 3. The predicted octanol–water partition coefficient (Wildman–Crippen LogP) is 3.50. The summed E-state index contributed by atoms with van der Waals surface area (Å²) in [4.78, 5) is 11.9. The second kappa shape index (κ2) is 7.28. The SMILES string of the molecule is N#Cc1ccc(NC(=O)CCC2CCCCO2)c(Cl)c1. The first-order valence-corrected chi connectivity index (χ1v) is 7.18. The maximum absolute atomic E-state index is 11.9. The van der Waals surface area contributed by atoms with Crippen LogP contribution in [0, 0.1) is 11.3 Å². The normalized spacial score (nSPS) is 18.3. The average molecular weight is 293 g/mol. The molecule has 0 bridgehead atoms. The Balaban J connectivity index is 1.83. The van der Waals surface area contributed by atoms with Crippen LogP contribution in [0.3, 0.4) is 0 Å². The molecule has 2 rings (SSSR count). The summed E-state index contributed by atoms with van der Waals surface area (Å²) in [5.41, 5.74) is 1.02. The van der Waals surface area contributed by atoms with E-state index in [1.54, 1.807) is 18.2 Å². The molecule has 1 amide bonds. The lowest BCUT2D eigenvalue weighted by Crippen LogP contribution is -2.21. The van der Waals surface area contributed by atoms with Gasteiger partial charge in [-0.1, -0.05) is 11.6 Å². The summed E-state index contributed by atoms with van der Waals surface area (Å²) in [7, 11) is 0. The average Bonchev–Trinajstić information content (AvgIpc) is 2.48. The van der Waals surface area contributed by atoms with Crippen LogP contribution in [0.1, 0.15) is 37.7 Å². The van der Waals surface area contributed by atoms with Crippen LogP contribution in [-0.2, 0) is 9.53 Å². The second-order valence-corrected chi connectivity index (χ2v) is 5.29. The topological polar surface area (TPSA) is 62.1 Å². The fraction of sp³-hybridized carbons (Fsp3) is 0.467. The van der Waals surface area contributed by atoms with Crippen LogP contribution in [0.15, 0.2) is 18.2 Å². The van der Waals surface area contributed by atoms with Gasteiger partial charge in [0.1, 0.15) is 0 Å². The molecule has 1 aliphatic heterocycles. The molecule has 106 valence electrons. The van der Waals surface area contributed by atoms with Crippen LogP contribution >= 0.6 is 11.6 Å². The molecule has 1 aromatic rings. The van der Waals surface area contributed by atoms with Crippen LogP contribution in [0.25, 0.3) is 0 Å². The Bertz CT molecular complexity index is 519. The van der Waals surface area contributed by atoms with Crippen molar-refractivity contribution in [3.63, 3.8) is 0 Å². The van der Waals surface area contributed by atoms with E-state index in [1.165, 1.54) is 6.42 Å². The van der Waals surface area contributed by atoms with E-state index < -0.39 is 0 Å². The molecule has 1 aromatic carbocycles. The minimum absolute atomic E-state index is 0.0780. The Labute approximate surface area is 123 Å². The van der Waals surface area contributed by atoms with E-state index in [9.17, 15) is 4.79 Å². The summed E-state index contributed by atoms with van der Waals surface area (Å²) in [5.74, 6) is -0.0780. The van der Waals surface area contributed by atoms with Crippen molar-refractivity contribution < 1.29 is 9.53 Å². The quantitative estimate of drug-likeness (QED) is 0.924. The molecule has 0 radical (unpaired) electrons. The molecule has 1 N–H and O–H groups in total. The maximum atomic E-state index is 11.9. The van der Waals surface area contributed by atoms with Crippen LogP contribution in [0.4, 0.5) is 5.69 Å². The van der Waals surface area contributed by atoms with Gasteiger partial charge in [-0.15, -0.1) is 0 Å². The van der Waals surface area contributed by atoms with Crippen molar-refractivity contribution in [2.45, 2.75) is 38.2 Å². The highest BCUT2D eigenvalue weighted by atomic mass is 35.5. The number of nitrogens with zero attached hydrogens (tertiary/aromatic N) is 1. The third-order valence-electron chi connectivity index (χ3n) is 3.34. The molecule has 1 saturated heterocycles. The first-order chi connectivity index (χ1) is 9.69. The maximum Gasteiger partial charge on any atom is 0.224 e. The van der Waals surface area contributed by atoms with E-state index in [0.29, 0.717) is 22.7 Å². The molecule has 1 aliphatic rings. The zero-order chi connectivity index (χ0) is 14.4. The van der Waals surface area contributed by atoms with Crippen molar-refractivity contribution in [3.05, 3.63) is 28.8 Å². The van der Waals surface area contributed by atoms with Crippen LogP contribution in [-0.4, -0.2) is 18.6 Å². The molecule has 5 heteroatoms. The van der Waals surface area contributed by atoms with Gasteiger partial charge in [0, 0.05) is 13.0 Å². The van der Waals surface area contributed by atoms with Crippen molar-refractivity contribution in [3.8, 4) is 6.07 Å². The lowest BCUT2D eigenvalue weighted by molar-refractivity contribution is -0.117. The fourth-order valence-electron chi connectivity index (χ4n) is 2.23. The first-order valence-electron chi connectivity index (χ1n) is 6.80. The Hall–Kier alpha value is -1.57. The van der Waals surface area contributed by atoms with Crippen LogP contribution < -0.4 is 5.32 Å². The van der Waals surface area contributed by atoms with E-state index in [-0.39, 0.29) is 12.0 Å². The van der Waals surface area contributed by atoms with Gasteiger partial charge < -0.3 is 10.1 Å².